The summed E-state index contributed by atoms with van der Waals surface area (Å²) in [5, 5.41) is 9.52. The lowest BCUT2D eigenvalue weighted by molar-refractivity contribution is -0.142. The Hall–Kier alpha value is -1.35. The van der Waals surface area contributed by atoms with E-state index in [1.54, 1.807) is 0 Å². The number of rotatable bonds is 5. The van der Waals surface area contributed by atoms with Crippen molar-refractivity contribution in [2.45, 2.75) is 51.9 Å². The Morgan fingerprint density at radius 3 is 2.23 bits per heavy atom. The van der Waals surface area contributed by atoms with Gasteiger partial charge in [0.15, 0.2) is 0 Å². The molecular formula is C19H29NO2. The monoisotopic (exact) mass is 303 g/mol. The van der Waals surface area contributed by atoms with Crippen molar-refractivity contribution in [1.82, 2.24) is 4.90 Å². The maximum absolute atomic E-state index is 11.6. The molecule has 1 aromatic carbocycles. The number of carboxylic acid groups (broad SMARTS) is 1. The van der Waals surface area contributed by atoms with Crippen molar-refractivity contribution in [2.75, 3.05) is 19.6 Å². The Morgan fingerprint density at radius 1 is 1.14 bits per heavy atom. The van der Waals surface area contributed by atoms with Gasteiger partial charge < -0.3 is 10.0 Å². The van der Waals surface area contributed by atoms with E-state index in [1.165, 1.54) is 24.8 Å². The number of piperidine rings is 1. The Morgan fingerprint density at radius 2 is 1.73 bits per heavy atom. The van der Waals surface area contributed by atoms with Gasteiger partial charge in [0.2, 0.25) is 0 Å². The van der Waals surface area contributed by atoms with E-state index in [1.807, 2.05) is 0 Å². The van der Waals surface area contributed by atoms with E-state index < -0.39 is 5.97 Å². The van der Waals surface area contributed by atoms with Crippen LogP contribution in [0.1, 0.15) is 51.2 Å². The van der Waals surface area contributed by atoms with Gasteiger partial charge in [0, 0.05) is 6.54 Å². The fourth-order valence-electron chi connectivity index (χ4n) is 3.11. The summed E-state index contributed by atoms with van der Waals surface area (Å²) in [5.74, 6) is -0.982. The van der Waals surface area contributed by atoms with Crippen LogP contribution in [0.3, 0.4) is 0 Å². The maximum atomic E-state index is 11.6. The van der Waals surface area contributed by atoms with Crippen LogP contribution in [0.25, 0.3) is 0 Å². The Labute approximate surface area is 134 Å². The number of carbonyl (C=O) groups is 1. The van der Waals surface area contributed by atoms with E-state index in [2.05, 4.69) is 49.9 Å². The normalized spacial score (nSPS) is 18.1. The van der Waals surface area contributed by atoms with E-state index in [0.29, 0.717) is 13.0 Å². The van der Waals surface area contributed by atoms with Gasteiger partial charge in [-0.1, -0.05) is 51.5 Å². The molecular weight excluding hydrogens is 274 g/mol. The first-order valence-corrected chi connectivity index (χ1v) is 8.41. The molecule has 3 nitrogen and oxygen atoms in total. The fraction of sp³-hybridized carbons (Fsp3) is 0.632. The van der Waals surface area contributed by atoms with Crippen molar-refractivity contribution in [3.63, 3.8) is 0 Å². The second-order valence-corrected chi connectivity index (χ2v) is 7.55. The molecule has 1 aromatic rings. The van der Waals surface area contributed by atoms with Gasteiger partial charge >= 0.3 is 5.97 Å². The molecule has 122 valence electrons. The highest BCUT2D eigenvalue weighted by Crippen LogP contribution is 2.23. The second kappa shape index (κ2) is 7.28. The standard InChI is InChI=1S/C19H29NO2/c1-19(2,3)17-9-7-15(8-10-17)13-16(18(21)22)14-20-11-5-4-6-12-20/h7-10,16H,4-6,11-14H2,1-3H3,(H,21,22). The summed E-state index contributed by atoms with van der Waals surface area (Å²) in [4.78, 5) is 13.9. The molecule has 3 heteroatoms. The summed E-state index contributed by atoms with van der Waals surface area (Å²) in [6.45, 7) is 9.35. The van der Waals surface area contributed by atoms with Crippen LogP contribution in [-0.4, -0.2) is 35.6 Å². The molecule has 0 spiro atoms. The average molecular weight is 303 g/mol. The van der Waals surface area contributed by atoms with Crippen molar-refractivity contribution in [2.24, 2.45) is 5.92 Å². The van der Waals surface area contributed by atoms with E-state index >= 15 is 0 Å². The molecule has 1 N–H and O–H groups in total. The van der Waals surface area contributed by atoms with Crippen LogP contribution in [0, 0.1) is 5.92 Å². The van der Waals surface area contributed by atoms with Crippen LogP contribution in [0.5, 0.6) is 0 Å². The average Bonchev–Trinajstić information content (AvgIpc) is 2.47. The molecule has 1 saturated heterocycles. The number of likely N-dealkylation sites (tertiary alicyclic amines) is 1. The zero-order valence-corrected chi connectivity index (χ0v) is 14.1. The third-order valence-corrected chi connectivity index (χ3v) is 4.58. The van der Waals surface area contributed by atoms with E-state index in [4.69, 9.17) is 0 Å². The summed E-state index contributed by atoms with van der Waals surface area (Å²) in [7, 11) is 0. The first-order valence-electron chi connectivity index (χ1n) is 8.41. The molecule has 1 unspecified atom stereocenters. The Balaban J connectivity index is 1.99. The number of carboxylic acids is 1. The van der Waals surface area contributed by atoms with Gasteiger partial charge in [-0.2, -0.15) is 0 Å². The van der Waals surface area contributed by atoms with Crippen LogP contribution >= 0.6 is 0 Å². The van der Waals surface area contributed by atoms with Gasteiger partial charge in [-0.25, -0.2) is 0 Å². The van der Waals surface area contributed by atoms with Crippen molar-refractivity contribution < 1.29 is 9.90 Å². The summed E-state index contributed by atoms with van der Waals surface area (Å²) in [6, 6.07) is 8.45. The molecule has 1 atom stereocenters. The second-order valence-electron chi connectivity index (χ2n) is 7.55. The Kier molecular flexibility index (Phi) is 5.63. The molecule has 0 radical (unpaired) electrons. The van der Waals surface area contributed by atoms with Crippen LogP contribution in [0.15, 0.2) is 24.3 Å². The van der Waals surface area contributed by atoms with Gasteiger partial charge in [-0.05, 0) is 48.9 Å². The van der Waals surface area contributed by atoms with E-state index in [0.717, 1.165) is 18.7 Å². The highest BCUT2D eigenvalue weighted by atomic mass is 16.4. The highest BCUT2D eigenvalue weighted by Gasteiger charge is 2.23. The summed E-state index contributed by atoms with van der Waals surface area (Å²) < 4.78 is 0. The largest absolute Gasteiger partial charge is 0.481 e. The van der Waals surface area contributed by atoms with E-state index in [-0.39, 0.29) is 11.3 Å². The van der Waals surface area contributed by atoms with Crippen LogP contribution < -0.4 is 0 Å². The Bertz CT molecular complexity index is 481. The minimum atomic E-state index is -0.675. The third-order valence-electron chi connectivity index (χ3n) is 4.58. The zero-order valence-electron chi connectivity index (χ0n) is 14.1. The highest BCUT2D eigenvalue weighted by molar-refractivity contribution is 5.70. The lowest BCUT2D eigenvalue weighted by Crippen LogP contribution is -2.37. The predicted octanol–water partition coefficient (Wildman–Crippen LogP) is 3.71. The number of aliphatic carboxylic acids is 1. The molecule has 1 aliphatic heterocycles. The molecule has 0 aliphatic carbocycles. The fourth-order valence-corrected chi connectivity index (χ4v) is 3.11. The molecule has 1 heterocycles. The zero-order chi connectivity index (χ0) is 16.2. The number of hydrogen-bond donors (Lipinski definition) is 1. The summed E-state index contributed by atoms with van der Waals surface area (Å²) >= 11 is 0. The molecule has 1 aliphatic rings. The van der Waals surface area contributed by atoms with Crippen LogP contribution in [0.2, 0.25) is 0 Å². The lowest BCUT2D eigenvalue weighted by Gasteiger charge is -2.29. The van der Waals surface area contributed by atoms with Gasteiger partial charge in [-0.3, -0.25) is 4.79 Å². The minimum absolute atomic E-state index is 0.137. The number of nitrogens with zero attached hydrogens (tertiary/aromatic N) is 1. The van der Waals surface area contributed by atoms with Gasteiger partial charge in [0.05, 0.1) is 5.92 Å². The van der Waals surface area contributed by atoms with Gasteiger partial charge in [-0.15, -0.1) is 0 Å². The number of benzene rings is 1. The quantitative estimate of drug-likeness (QED) is 0.901. The third kappa shape index (κ3) is 4.84. The first kappa shape index (κ1) is 17.0. The SMILES string of the molecule is CC(C)(C)c1ccc(CC(CN2CCCCC2)C(=O)O)cc1. The van der Waals surface area contributed by atoms with Crippen molar-refractivity contribution >= 4 is 5.97 Å². The first-order chi connectivity index (χ1) is 10.4. The van der Waals surface area contributed by atoms with Crippen molar-refractivity contribution in [3.05, 3.63) is 35.4 Å². The molecule has 2 rings (SSSR count). The van der Waals surface area contributed by atoms with E-state index in [9.17, 15) is 9.90 Å². The molecule has 0 amide bonds. The maximum Gasteiger partial charge on any atom is 0.308 e. The molecule has 1 fully saturated rings. The summed E-state index contributed by atoms with van der Waals surface area (Å²) in [6.07, 6.45) is 4.30. The topological polar surface area (TPSA) is 40.5 Å². The lowest BCUT2D eigenvalue weighted by atomic mass is 9.86. The minimum Gasteiger partial charge on any atom is -0.481 e. The van der Waals surface area contributed by atoms with Gasteiger partial charge in [0.25, 0.3) is 0 Å². The molecule has 22 heavy (non-hydrogen) atoms. The smallest absolute Gasteiger partial charge is 0.308 e. The van der Waals surface area contributed by atoms with Crippen molar-refractivity contribution in [3.8, 4) is 0 Å². The van der Waals surface area contributed by atoms with Gasteiger partial charge in [0.1, 0.15) is 0 Å². The van der Waals surface area contributed by atoms with Crippen molar-refractivity contribution in [1.29, 1.82) is 0 Å². The number of hydrogen-bond acceptors (Lipinski definition) is 2. The molecule has 0 aromatic heterocycles. The predicted molar refractivity (Wildman–Crippen MR) is 90.3 cm³/mol. The van der Waals surface area contributed by atoms with Crippen LogP contribution in [0.4, 0.5) is 0 Å². The molecule has 0 bridgehead atoms. The molecule has 0 saturated carbocycles. The summed E-state index contributed by atoms with van der Waals surface area (Å²) in [5.41, 5.74) is 2.55. The van der Waals surface area contributed by atoms with Crippen LogP contribution in [-0.2, 0) is 16.6 Å².